The molecule has 4 aromatic carbocycles. The van der Waals surface area contributed by atoms with Gasteiger partial charge in [-0.05, 0) is 46.5 Å². The van der Waals surface area contributed by atoms with Crippen LogP contribution in [0.15, 0.2) is 107 Å². The molecule has 0 aliphatic carbocycles. The molecule has 6 rings (SSSR count). The van der Waals surface area contributed by atoms with Gasteiger partial charge >= 0.3 is 5.69 Å². The van der Waals surface area contributed by atoms with E-state index in [2.05, 4.69) is 24.3 Å². The molecule has 0 aliphatic heterocycles. The Morgan fingerprint density at radius 1 is 0.825 bits per heavy atom. The minimum atomic E-state index is -0.367. The van der Waals surface area contributed by atoms with E-state index in [-0.39, 0.29) is 17.2 Å². The third-order valence-electron chi connectivity index (χ3n) is 7.06. The van der Waals surface area contributed by atoms with Crippen molar-refractivity contribution in [2.24, 2.45) is 13.0 Å². The van der Waals surface area contributed by atoms with Gasteiger partial charge in [0.2, 0.25) is 0 Å². The monoisotopic (exact) mass is 530 g/mol. The molecule has 7 heteroatoms. The number of hydrogen-bond donors (Lipinski definition) is 0. The van der Waals surface area contributed by atoms with Gasteiger partial charge in [-0.15, -0.1) is 0 Å². The largest absolute Gasteiger partial charge is 0.457 e. The van der Waals surface area contributed by atoms with Crippen molar-refractivity contribution < 1.29 is 4.74 Å². The molecule has 6 aromatic rings. The molecule has 40 heavy (non-hydrogen) atoms. The minimum absolute atomic E-state index is 0.188. The molecule has 0 amide bonds. The van der Waals surface area contributed by atoms with Crippen LogP contribution in [-0.4, -0.2) is 18.9 Å². The number of benzene rings is 4. The molecule has 0 fully saturated rings. The third kappa shape index (κ3) is 4.60. The van der Waals surface area contributed by atoms with Crippen molar-refractivity contribution in [3.63, 3.8) is 0 Å². The van der Waals surface area contributed by atoms with Crippen molar-refractivity contribution in [2.45, 2.75) is 26.9 Å². The lowest BCUT2D eigenvalue weighted by atomic mass is 10.0. The van der Waals surface area contributed by atoms with Crippen LogP contribution >= 0.6 is 0 Å². The average molecular weight is 531 g/mol. The fourth-order valence-corrected chi connectivity index (χ4v) is 5.22. The molecule has 0 aliphatic rings. The Hall–Kier alpha value is -4.91. The zero-order chi connectivity index (χ0) is 27.8. The summed E-state index contributed by atoms with van der Waals surface area (Å²) in [6.07, 6.45) is 0. The number of fused-ring (bicyclic) bond motifs is 2. The van der Waals surface area contributed by atoms with Gasteiger partial charge in [0.05, 0.1) is 12.2 Å². The van der Waals surface area contributed by atoms with E-state index in [4.69, 9.17) is 9.84 Å². The normalized spacial score (nSPS) is 11.5. The van der Waals surface area contributed by atoms with Crippen LogP contribution in [0.2, 0.25) is 0 Å². The van der Waals surface area contributed by atoms with Gasteiger partial charge in [0.15, 0.2) is 5.65 Å². The summed E-state index contributed by atoms with van der Waals surface area (Å²) < 4.78 is 10.8. The Bertz CT molecular complexity index is 1960. The number of rotatable bonds is 7. The molecule has 0 radical (unpaired) electrons. The van der Waals surface area contributed by atoms with Crippen molar-refractivity contribution >= 4 is 21.8 Å². The van der Waals surface area contributed by atoms with Crippen LogP contribution in [0.1, 0.15) is 19.4 Å². The molecular weight excluding hydrogens is 500 g/mol. The van der Waals surface area contributed by atoms with Gasteiger partial charge in [-0.2, -0.15) is 5.10 Å². The number of nitrogens with zero attached hydrogens (tertiary/aromatic N) is 4. The minimum Gasteiger partial charge on any atom is -0.457 e. The molecular formula is C33H30N4O3. The number of aromatic nitrogens is 4. The number of hydrogen-bond acceptors (Lipinski definition) is 4. The maximum absolute atomic E-state index is 13.7. The molecule has 0 atom stereocenters. The Morgan fingerprint density at radius 3 is 2.33 bits per heavy atom. The maximum Gasteiger partial charge on any atom is 0.332 e. The van der Waals surface area contributed by atoms with Crippen molar-refractivity contribution in [2.75, 3.05) is 0 Å². The van der Waals surface area contributed by atoms with Gasteiger partial charge in [-0.3, -0.25) is 18.6 Å². The van der Waals surface area contributed by atoms with E-state index >= 15 is 0 Å². The molecule has 2 heterocycles. The molecule has 200 valence electrons. The van der Waals surface area contributed by atoms with Gasteiger partial charge in [-0.1, -0.05) is 86.6 Å². The van der Waals surface area contributed by atoms with E-state index in [1.165, 1.54) is 11.6 Å². The van der Waals surface area contributed by atoms with E-state index in [1.807, 2.05) is 91.3 Å². The second kappa shape index (κ2) is 10.3. The fourth-order valence-electron chi connectivity index (χ4n) is 5.22. The topological polar surface area (TPSA) is 71.1 Å². The molecule has 0 saturated heterocycles. The predicted octanol–water partition coefficient (Wildman–Crippen LogP) is 6.21. The molecule has 0 N–H and O–H groups in total. The summed E-state index contributed by atoms with van der Waals surface area (Å²) in [7, 11) is 1.53. The highest BCUT2D eigenvalue weighted by molar-refractivity contribution is 5.91. The lowest BCUT2D eigenvalue weighted by Gasteiger charge is -2.12. The summed E-state index contributed by atoms with van der Waals surface area (Å²) in [6, 6.07) is 31.6. The van der Waals surface area contributed by atoms with Crippen LogP contribution in [-0.2, 0) is 20.1 Å². The number of para-hydroxylation sites is 1. The number of ether oxygens (including phenoxy) is 1. The fraction of sp³-hybridized carbons (Fsp3) is 0.182. The standard InChI is InChI=1S/C33H30N4O3/c1-22(2)20-36-31-29(32(38)35(3)33(36)39)30(24-13-10-17-27(19-24)40-26-15-5-4-6-16-26)37(34-31)21-25-14-9-12-23-11-7-8-18-28(23)25/h4-19,22H,20-21H2,1-3H3. The maximum atomic E-state index is 13.7. The van der Waals surface area contributed by atoms with Crippen molar-refractivity contribution in [1.29, 1.82) is 0 Å². The second-order valence-corrected chi connectivity index (χ2v) is 10.4. The highest BCUT2D eigenvalue weighted by Crippen LogP contribution is 2.32. The Kier molecular flexibility index (Phi) is 6.56. The first-order valence-corrected chi connectivity index (χ1v) is 13.4. The molecule has 7 nitrogen and oxygen atoms in total. The summed E-state index contributed by atoms with van der Waals surface area (Å²) in [6.45, 7) is 4.96. The second-order valence-electron chi connectivity index (χ2n) is 10.4. The summed E-state index contributed by atoms with van der Waals surface area (Å²) in [5.41, 5.74) is 2.16. The van der Waals surface area contributed by atoms with E-state index in [0.29, 0.717) is 35.6 Å². The smallest absolute Gasteiger partial charge is 0.332 e. The van der Waals surface area contributed by atoms with E-state index < -0.39 is 0 Å². The highest BCUT2D eigenvalue weighted by atomic mass is 16.5. The lowest BCUT2D eigenvalue weighted by molar-refractivity contribution is 0.483. The van der Waals surface area contributed by atoms with Crippen LogP contribution < -0.4 is 16.0 Å². The van der Waals surface area contributed by atoms with Crippen LogP contribution in [0.5, 0.6) is 11.5 Å². The van der Waals surface area contributed by atoms with Crippen LogP contribution in [0.25, 0.3) is 33.1 Å². The van der Waals surface area contributed by atoms with Crippen LogP contribution in [0.3, 0.4) is 0 Å². The van der Waals surface area contributed by atoms with Gasteiger partial charge in [0, 0.05) is 19.2 Å². The van der Waals surface area contributed by atoms with E-state index in [0.717, 1.165) is 27.6 Å². The molecule has 2 aromatic heterocycles. The lowest BCUT2D eigenvalue weighted by Crippen LogP contribution is -2.38. The molecule has 0 spiro atoms. The van der Waals surface area contributed by atoms with Gasteiger partial charge in [-0.25, -0.2) is 4.79 Å². The summed E-state index contributed by atoms with van der Waals surface area (Å²) >= 11 is 0. The van der Waals surface area contributed by atoms with Gasteiger partial charge in [0.1, 0.15) is 16.9 Å². The van der Waals surface area contributed by atoms with Crippen LogP contribution in [0, 0.1) is 5.92 Å². The van der Waals surface area contributed by atoms with Crippen LogP contribution in [0.4, 0.5) is 0 Å². The SMILES string of the molecule is CC(C)Cn1c(=O)n(C)c(=O)c2c(-c3cccc(Oc4ccccc4)c3)n(Cc3cccc4ccccc34)nc21. The third-order valence-corrected chi connectivity index (χ3v) is 7.06. The predicted molar refractivity (Wildman–Crippen MR) is 159 cm³/mol. The van der Waals surface area contributed by atoms with E-state index in [9.17, 15) is 9.59 Å². The Balaban J connectivity index is 1.60. The first-order chi connectivity index (χ1) is 19.4. The molecule has 0 unspecified atom stereocenters. The zero-order valence-electron chi connectivity index (χ0n) is 22.7. The Morgan fingerprint density at radius 2 is 1.52 bits per heavy atom. The first kappa shape index (κ1) is 25.4. The summed E-state index contributed by atoms with van der Waals surface area (Å²) in [5, 5.41) is 7.61. The van der Waals surface area contributed by atoms with E-state index in [1.54, 1.807) is 4.57 Å². The summed E-state index contributed by atoms with van der Waals surface area (Å²) in [5.74, 6) is 1.55. The Labute approximate surface area is 231 Å². The quantitative estimate of drug-likeness (QED) is 0.246. The molecule has 0 saturated carbocycles. The highest BCUT2D eigenvalue weighted by Gasteiger charge is 2.23. The zero-order valence-corrected chi connectivity index (χ0v) is 22.7. The first-order valence-electron chi connectivity index (χ1n) is 13.4. The summed E-state index contributed by atoms with van der Waals surface area (Å²) in [4.78, 5) is 26.9. The van der Waals surface area contributed by atoms with Crippen molar-refractivity contribution in [3.05, 3.63) is 123 Å². The van der Waals surface area contributed by atoms with Crippen molar-refractivity contribution in [3.8, 4) is 22.8 Å². The van der Waals surface area contributed by atoms with Gasteiger partial charge < -0.3 is 4.74 Å². The van der Waals surface area contributed by atoms with Crippen molar-refractivity contribution in [1.82, 2.24) is 18.9 Å². The molecule has 0 bridgehead atoms. The average Bonchev–Trinajstić information content (AvgIpc) is 3.34. The van der Waals surface area contributed by atoms with Gasteiger partial charge in [0.25, 0.3) is 5.56 Å².